The van der Waals surface area contributed by atoms with E-state index in [0.29, 0.717) is 11.1 Å². The Morgan fingerprint density at radius 1 is 1.35 bits per heavy atom. The molecule has 0 spiro atoms. The molecule has 0 amide bonds. The van der Waals surface area contributed by atoms with Crippen LogP contribution in [0.5, 0.6) is 0 Å². The molecule has 110 valence electrons. The van der Waals surface area contributed by atoms with Crippen molar-refractivity contribution in [3.63, 3.8) is 0 Å². The molecule has 1 aromatic carbocycles. The van der Waals surface area contributed by atoms with E-state index in [1.165, 1.54) is 6.20 Å². The van der Waals surface area contributed by atoms with Crippen LogP contribution in [-0.4, -0.2) is 19.4 Å². The Morgan fingerprint density at radius 2 is 2.10 bits per heavy atom. The van der Waals surface area contributed by atoms with Crippen LogP contribution in [0.1, 0.15) is 33.1 Å². The fraction of sp³-hybridized carbons (Fsp3) is 0.429. The van der Waals surface area contributed by atoms with Gasteiger partial charge < -0.3 is 10.7 Å². The molecule has 1 unspecified atom stereocenters. The van der Waals surface area contributed by atoms with Crippen LogP contribution in [0, 0.1) is 0 Å². The first kappa shape index (κ1) is 14.9. The monoisotopic (exact) mass is 295 g/mol. The van der Waals surface area contributed by atoms with Gasteiger partial charge in [-0.25, -0.2) is 13.1 Å². The lowest BCUT2D eigenvalue weighted by molar-refractivity contribution is 0.513. The average molecular weight is 295 g/mol. The lowest BCUT2D eigenvalue weighted by Crippen LogP contribution is -2.34. The van der Waals surface area contributed by atoms with Crippen LogP contribution in [0.25, 0.3) is 10.9 Å². The van der Waals surface area contributed by atoms with Crippen LogP contribution in [0.4, 0.5) is 5.69 Å². The fourth-order valence-electron chi connectivity index (χ4n) is 2.31. The highest BCUT2D eigenvalue weighted by Crippen LogP contribution is 2.25. The number of rotatable bonds is 6. The molecule has 2 rings (SSSR count). The van der Waals surface area contributed by atoms with Gasteiger partial charge in [0.15, 0.2) is 0 Å². The minimum atomic E-state index is -3.53. The highest BCUT2D eigenvalue weighted by atomic mass is 32.2. The van der Waals surface area contributed by atoms with Crippen molar-refractivity contribution in [2.45, 2.75) is 44.0 Å². The minimum absolute atomic E-state index is 0.0315. The van der Waals surface area contributed by atoms with Crippen molar-refractivity contribution < 1.29 is 8.42 Å². The number of H-pyrrole nitrogens is 1. The SMILES string of the molecule is CCCC(CC)NS(=O)(=O)c1c[nH]c2ccc(N)cc12. The molecule has 1 atom stereocenters. The highest BCUT2D eigenvalue weighted by Gasteiger charge is 2.22. The topological polar surface area (TPSA) is 88.0 Å². The van der Waals surface area contributed by atoms with E-state index >= 15 is 0 Å². The van der Waals surface area contributed by atoms with Gasteiger partial charge in [-0.15, -0.1) is 0 Å². The summed E-state index contributed by atoms with van der Waals surface area (Å²) in [7, 11) is -3.53. The summed E-state index contributed by atoms with van der Waals surface area (Å²) in [5, 5.41) is 0.629. The molecule has 1 aromatic heterocycles. The summed E-state index contributed by atoms with van der Waals surface area (Å²) in [6.07, 6.45) is 4.07. The smallest absolute Gasteiger partial charge is 0.242 e. The largest absolute Gasteiger partial charge is 0.399 e. The number of benzene rings is 1. The van der Waals surface area contributed by atoms with Crippen LogP contribution < -0.4 is 10.5 Å². The van der Waals surface area contributed by atoms with Crippen LogP contribution in [-0.2, 0) is 10.0 Å². The maximum atomic E-state index is 12.5. The Bertz CT molecular complexity index is 692. The number of nitrogen functional groups attached to an aromatic ring is 1. The van der Waals surface area contributed by atoms with Gasteiger partial charge in [-0.2, -0.15) is 0 Å². The first-order valence-corrected chi connectivity index (χ1v) is 8.35. The molecule has 0 aliphatic rings. The van der Waals surface area contributed by atoms with Gasteiger partial charge >= 0.3 is 0 Å². The van der Waals surface area contributed by atoms with E-state index in [4.69, 9.17) is 5.73 Å². The number of hydrogen-bond donors (Lipinski definition) is 3. The number of aromatic nitrogens is 1. The summed E-state index contributed by atoms with van der Waals surface area (Å²) in [6, 6.07) is 5.18. The van der Waals surface area contributed by atoms with E-state index in [2.05, 4.69) is 9.71 Å². The van der Waals surface area contributed by atoms with E-state index in [1.807, 2.05) is 13.8 Å². The number of hydrogen-bond acceptors (Lipinski definition) is 3. The van der Waals surface area contributed by atoms with Gasteiger partial charge in [0.25, 0.3) is 0 Å². The van der Waals surface area contributed by atoms with E-state index < -0.39 is 10.0 Å². The highest BCUT2D eigenvalue weighted by molar-refractivity contribution is 7.89. The van der Waals surface area contributed by atoms with E-state index in [0.717, 1.165) is 24.8 Å². The van der Waals surface area contributed by atoms with Crippen molar-refractivity contribution in [1.29, 1.82) is 0 Å². The second kappa shape index (κ2) is 5.85. The summed E-state index contributed by atoms with van der Waals surface area (Å²) in [6.45, 7) is 4.03. The normalized spacial score (nSPS) is 13.7. The Labute approximate surface area is 119 Å². The molecule has 0 saturated carbocycles. The summed E-state index contributed by atoms with van der Waals surface area (Å²) in [5.74, 6) is 0. The summed E-state index contributed by atoms with van der Waals surface area (Å²) in [5.41, 5.74) is 7.06. The number of nitrogens with one attached hydrogen (secondary N) is 2. The van der Waals surface area contributed by atoms with Gasteiger partial charge in [0, 0.05) is 28.8 Å². The van der Waals surface area contributed by atoms with Crippen molar-refractivity contribution in [1.82, 2.24) is 9.71 Å². The third-order valence-electron chi connectivity index (χ3n) is 3.41. The van der Waals surface area contributed by atoms with Crippen molar-refractivity contribution in [3.8, 4) is 0 Å². The second-order valence-corrected chi connectivity index (χ2v) is 6.66. The number of aromatic amines is 1. The molecule has 0 saturated heterocycles. The first-order chi connectivity index (χ1) is 9.47. The second-order valence-electron chi connectivity index (χ2n) is 4.97. The number of anilines is 1. The molecule has 0 bridgehead atoms. The van der Waals surface area contributed by atoms with E-state index in [1.54, 1.807) is 18.2 Å². The Morgan fingerprint density at radius 3 is 2.75 bits per heavy atom. The average Bonchev–Trinajstić information content (AvgIpc) is 2.81. The lowest BCUT2D eigenvalue weighted by atomic mass is 10.1. The molecule has 6 heteroatoms. The van der Waals surface area contributed by atoms with Gasteiger partial charge in [-0.1, -0.05) is 20.3 Å². The van der Waals surface area contributed by atoms with Crippen molar-refractivity contribution in [3.05, 3.63) is 24.4 Å². The van der Waals surface area contributed by atoms with Crippen LogP contribution >= 0.6 is 0 Å². The molecule has 20 heavy (non-hydrogen) atoms. The Balaban J connectivity index is 2.39. The zero-order chi connectivity index (χ0) is 14.8. The Hall–Kier alpha value is -1.53. The van der Waals surface area contributed by atoms with E-state index in [-0.39, 0.29) is 10.9 Å². The van der Waals surface area contributed by atoms with Gasteiger partial charge in [0.05, 0.1) is 0 Å². The molecule has 1 heterocycles. The van der Waals surface area contributed by atoms with Gasteiger partial charge in [-0.05, 0) is 31.0 Å². The fourth-order valence-corrected chi connectivity index (χ4v) is 3.84. The van der Waals surface area contributed by atoms with Gasteiger partial charge in [0.2, 0.25) is 10.0 Å². The third kappa shape index (κ3) is 2.96. The van der Waals surface area contributed by atoms with Gasteiger partial charge in [0.1, 0.15) is 4.90 Å². The molecule has 0 aliphatic heterocycles. The van der Waals surface area contributed by atoms with Crippen LogP contribution in [0.3, 0.4) is 0 Å². The Kier molecular flexibility index (Phi) is 4.35. The molecule has 0 fully saturated rings. The van der Waals surface area contributed by atoms with E-state index in [9.17, 15) is 8.42 Å². The van der Waals surface area contributed by atoms with Crippen LogP contribution in [0.2, 0.25) is 0 Å². The lowest BCUT2D eigenvalue weighted by Gasteiger charge is -2.15. The molecule has 0 aliphatic carbocycles. The summed E-state index contributed by atoms with van der Waals surface area (Å²) >= 11 is 0. The zero-order valence-corrected chi connectivity index (χ0v) is 12.6. The van der Waals surface area contributed by atoms with Crippen LogP contribution in [0.15, 0.2) is 29.3 Å². The zero-order valence-electron chi connectivity index (χ0n) is 11.8. The summed E-state index contributed by atoms with van der Waals surface area (Å²) < 4.78 is 27.8. The van der Waals surface area contributed by atoms with Crippen molar-refractivity contribution in [2.75, 3.05) is 5.73 Å². The first-order valence-electron chi connectivity index (χ1n) is 6.87. The molecule has 0 radical (unpaired) electrons. The standard InChI is InChI=1S/C14H21N3O2S/c1-3-5-11(4-2)17-20(18,19)14-9-16-13-7-6-10(15)8-12(13)14/h6-9,11,16-17H,3-5,15H2,1-2H3. The predicted octanol–water partition coefficient (Wildman–Crippen LogP) is 2.61. The maximum absolute atomic E-state index is 12.5. The van der Waals surface area contributed by atoms with Crippen molar-refractivity contribution >= 4 is 26.6 Å². The quantitative estimate of drug-likeness (QED) is 0.716. The van der Waals surface area contributed by atoms with Crippen molar-refractivity contribution in [2.24, 2.45) is 0 Å². The molecule has 4 N–H and O–H groups in total. The summed E-state index contributed by atoms with van der Waals surface area (Å²) in [4.78, 5) is 3.23. The molecular weight excluding hydrogens is 274 g/mol. The third-order valence-corrected chi connectivity index (χ3v) is 4.97. The molecule has 5 nitrogen and oxygen atoms in total. The minimum Gasteiger partial charge on any atom is -0.399 e. The molecular formula is C14H21N3O2S. The predicted molar refractivity (Wildman–Crippen MR) is 82.0 cm³/mol. The maximum Gasteiger partial charge on any atom is 0.242 e. The van der Waals surface area contributed by atoms with Gasteiger partial charge in [-0.3, -0.25) is 0 Å². The number of sulfonamides is 1. The molecule has 2 aromatic rings. The number of nitrogens with two attached hydrogens (primary N) is 1. The number of fused-ring (bicyclic) bond motifs is 1.